The van der Waals surface area contributed by atoms with Crippen molar-refractivity contribution in [3.05, 3.63) is 35.4 Å². The zero-order chi connectivity index (χ0) is 16.8. The van der Waals surface area contributed by atoms with Crippen LogP contribution < -0.4 is 5.32 Å². The summed E-state index contributed by atoms with van der Waals surface area (Å²) in [5.74, 6) is 4.29. The van der Waals surface area contributed by atoms with E-state index in [2.05, 4.69) is 29.6 Å². The molecule has 1 aromatic rings. The Morgan fingerprint density at radius 2 is 1.56 bits per heavy atom. The van der Waals surface area contributed by atoms with Gasteiger partial charge in [-0.3, -0.25) is 4.79 Å². The summed E-state index contributed by atoms with van der Waals surface area (Å²) in [6, 6.07) is 9.67. The van der Waals surface area contributed by atoms with Crippen LogP contribution in [0.2, 0.25) is 0 Å². The van der Waals surface area contributed by atoms with E-state index in [-0.39, 0.29) is 0 Å². The van der Waals surface area contributed by atoms with Crippen molar-refractivity contribution in [2.45, 2.75) is 64.1 Å². The van der Waals surface area contributed by atoms with Crippen molar-refractivity contribution in [2.24, 2.45) is 23.7 Å². The zero-order valence-electron chi connectivity index (χ0n) is 15.1. The summed E-state index contributed by atoms with van der Waals surface area (Å²) in [6.45, 7) is 2.70. The maximum atomic E-state index is 11.8. The summed E-state index contributed by atoms with van der Waals surface area (Å²) >= 11 is 0. The van der Waals surface area contributed by atoms with Crippen LogP contribution in [0.4, 0.5) is 0 Å². The number of nitrogens with zero attached hydrogens (tertiary/aromatic N) is 1. The number of nitrogens with one attached hydrogen (secondary N) is 1. The van der Waals surface area contributed by atoms with Crippen molar-refractivity contribution >= 4 is 5.91 Å². The highest BCUT2D eigenvalue weighted by molar-refractivity contribution is 5.78. The smallest absolute Gasteiger partial charge is 0.222 e. The Morgan fingerprint density at radius 1 is 0.920 bits per heavy atom. The normalized spacial score (nSPS) is 36.4. The Labute approximate surface area is 151 Å². The number of amides is 1. The van der Waals surface area contributed by atoms with Gasteiger partial charge in [0.25, 0.3) is 0 Å². The van der Waals surface area contributed by atoms with Crippen LogP contribution in [-0.2, 0) is 17.9 Å². The van der Waals surface area contributed by atoms with E-state index in [0.29, 0.717) is 5.91 Å². The number of carbonyl (C=O) groups is 1. The van der Waals surface area contributed by atoms with Crippen LogP contribution in [0.25, 0.3) is 0 Å². The summed E-state index contributed by atoms with van der Waals surface area (Å²) in [6.07, 6.45) is 9.20. The molecule has 1 heterocycles. The molecule has 3 heteroatoms. The topological polar surface area (TPSA) is 32.3 Å². The first-order chi connectivity index (χ1) is 12.2. The molecule has 0 unspecified atom stereocenters. The minimum Gasteiger partial charge on any atom is -0.338 e. The summed E-state index contributed by atoms with van der Waals surface area (Å²) in [7, 11) is 0. The average molecular weight is 338 g/mol. The number of likely N-dealkylation sites (tertiary alicyclic amines) is 1. The van der Waals surface area contributed by atoms with Gasteiger partial charge < -0.3 is 10.2 Å². The molecule has 1 N–H and O–H groups in total. The molecular formula is C22H30N2O. The first-order valence-corrected chi connectivity index (χ1v) is 10.3. The largest absolute Gasteiger partial charge is 0.338 e. The predicted molar refractivity (Wildman–Crippen MR) is 98.8 cm³/mol. The third-order valence-electron chi connectivity index (χ3n) is 7.34. The van der Waals surface area contributed by atoms with Crippen LogP contribution >= 0.6 is 0 Å². The molecule has 3 nitrogen and oxygen atoms in total. The van der Waals surface area contributed by atoms with Crippen molar-refractivity contribution in [2.75, 3.05) is 6.54 Å². The van der Waals surface area contributed by atoms with Crippen LogP contribution in [0.5, 0.6) is 0 Å². The molecule has 1 saturated heterocycles. The summed E-state index contributed by atoms with van der Waals surface area (Å²) in [5, 5.41) is 3.92. The quantitative estimate of drug-likeness (QED) is 0.887. The van der Waals surface area contributed by atoms with E-state index >= 15 is 0 Å². The first-order valence-electron chi connectivity index (χ1n) is 10.3. The molecule has 6 rings (SSSR count). The lowest BCUT2D eigenvalue weighted by Gasteiger charge is -2.54. The van der Waals surface area contributed by atoms with Crippen molar-refractivity contribution in [3.63, 3.8) is 0 Å². The summed E-state index contributed by atoms with van der Waals surface area (Å²) in [4.78, 5) is 13.7. The minimum atomic E-state index is 0.313. The minimum absolute atomic E-state index is 0.313. The SMILES string of the molecule is O=C1CCCN1Cc1ccc(CNC2C3CC4CC(C3)CC2C4)cc1. The van der Waals surface area contributed by atoms with Gasteiger partial charge in [-0.25, -0.2) is 0 Å². The molecule has 1 aromatic carbocycles. The third kappa shape index (κ3) is 3.12. The molecule has 0 spiro atoms. The van der Waals surface area contributed by atoms with E-state index in [1.807, 2.05) is 4.90 Å². The van der Waals surface area contributed by atoms with E-state index in [1.165, 1.54) is 43.2 Å². The van der Waals surface area contributed by atoms with Crippen molar-refractivity contribution in [3.8, 4) is 0 Å². The lowest BCUT2D eigenvalue weighted by atomic mass is 9.54. The Morgan fingerprint density at radius 3 is 2.16 bits per heavy atom. The number of benzene rings is 1. The van der Waals surface area contributed by atoms with Gasteiger partial charge in [0.2, 0.25) is 5.91 Å². The van der Waals surface area contributed by atoms with Gasteiger partial charge in [-0.05, 0) is 73.3 Å². The van der Waals surface area contributed by atoms with Gasteiger partial charge in [-0.15, -0.1) is 0 Å². The molecule has 5 fully saturated rings. The van der Waals surface area contributed by atoms with Crippen molar-refractivity contribution < 1.29 is 4.79 Å². The van der Waals surface area contributed by atoms with E-state index in [4.69, 9.17) is 0 Å². The third-order valence-corrected chi connectivity index (χ3v) is 7.34. The van der Waals surface area contributed by atoms with Crippen LogP contribution in [-0.4, -0.2) is 23.4 Å². The molecular weight excluding hydrogens is 308 g/mol. The second-order valence-electron chi connectivity index (χ2n) is 9.07. The average Bonchev–Trinajstić information content (AvgIpc) is 3.00. The fourth-order valence-electron chi connectivity index (χ4n) is 6.35. The Bertz CT molecular complexity index is 610. The molecule has 0 radical (unpaired) electrons. The molecule has 4 aliphatic carbocycles. The lowest BCUT2D eigenvalue weighted by molar-refractivity contribution is -0.128. The number of carbonyl (C=O) groups excluding carboxylic acids is 1. The highest BCUT2D eigenvalue weighted by Gasteiger charge is 2.47. The predicted octanol–water partition coefficient (Wildman–Crippen LogP) is 3.72. The lowest BCUT2D eigenvalue weighted by Crippen LogP contribution is -2.54. The standard InChI is InChI=1S/C22H30N2O/c25-21-2-1-7-24(21)14-16-5-3-15(4-6-16)13-23-22-19-9-17-8-18(11-19)12-20(22)10-17/h3-6,17-20,22-23H,1-2,7-14H2. The Kier molecular flexibility index (Phi) is 4.08. The fourth-order valence-corrected chi connectivity index (χ4v) is 6.35. The fraction of sp³-hybridized carbons (Fsp3) is 0.682. The van der Waals surface area contributed by atoms with Crippen molar-refractivity contribution in [1.29, 1.82) is 0 Å². The molecule has 1 amide bonds. The molecule has 0 atom stereocenters. The van der Waals surface area contributed by atoms with Crippen molar-refractivity contribution in [1.82, 2.24) is 10.2 Å². The Hall–Kier alpha value is -1.35. The van der Waals surface area contributed by atoms with Gasteiger partial charge in [-0.1, -0.05) is 24.3 Å². The van der Waals surface area contributed by atoms with E-state index < -0.39 is 0 Å². The molecule has 4 bridgehead atoms. The number of rotatable bonds is 5. The molecule has 4 saturated carbocycles. The van der Waals surface area contributed by atoms with Gasteiger partial charge in [0.05, 0.1) is 0 Å². The van der Waals surface area contributed by atoms with Gasteiger partial charge in [0.1, 0.15) is 0 Å². The van der Waals surface area contributed by atoms with Gasteiger partial charge in [0, 0.05) is 32.1 Å². The van der Waals surface area contributed by atoms with Crippen LogP contribution in [0, 0.1) is 23.7 Å². The zero-order valence-corrected chi connectivity index (χ0v) is 15.1. The number of hydrogen-bond donors (Lipinski definition) is 1. The number of hydrogen-bond acceptors (Lipinski definition) is 2. The molecule has 1 aliphatic heterocycles. The van der Waals surface area contributed by atoms with Crippen LogP contribution in [0.3, 0.4) is 0 Å². The first kappa shape index (κ1) is 15.9. The molecule has 25 heavy (non-hydrogen) atoms. The van der Waals surface area contributed by atoms with Gasteiger partial charge in [0.15, 0.2) is 0 Å². The van der Waals surface area contributed by atoms with Gasteiger partial charge in [-0.2, -0.15) is 0 Å². The second-order valence-corrected chi connectivity index (χ2v) is 9.07. The van der Waals surface area contributed by atoms with Crippen LogP contribution in [0.1, 0.15) is 56.1 Å². The maximum absolute atomic E-state index is 11.8. The Balaban J connectivity index is 1.17. The summed E-state index contributed by atoms with van der Waals surface area (Å²) in [5.41, 5.74) is 2.64. The monoisotopic (exact) mass is 338 g/mol. The highest BCUT2D eigenvalue weighted by Crippen LogP contribution is 2.53. The molecule has 5 aliphatic rings. The van der Waals surface area contributed by atoms with Gasteiger partial charge >= 0.3 is 0 Å². The maximum Gasteiger partial charge on any atom is 0.222 e. The van der Waals surface area contributed by atoms with E-state index in [9.17, 15) is 4.79 Å². The van der Waals surface area contributed by atoms with E-state index in [1.54, 1.807) is 0 Å². The second kappa shape index (κ2) is 6.42. The molecule has 134 valence electrons. The summed E-state index contributed by atoms with van der Waals surface area (Å²) < 4.78 is 0. The highest BCUT2D eigenvalue weighted by atomic mass is 16.2. The molecule has 0 aromatic heterocycles. The van der Waals surface area contributed by atoms with Crippen LogP contribution in [0.15, 0.2) is 24.3 Å². The van der Waals surface area contributed by atoms with E-state index in [0.717, 1.165) is 62.2 Å².